The van der Waals surface area contributed by atoms with Crippen molar-refractivity contribution in [2.75, 3.05) is 0 Å². The number of benzene rings is 1. The monoisotopic (exact) mass is 380 g/mol. The number of amides is 2. The molecule has 1 aromatic carbocycles. The lowest BCUT2D eigenvalue weighted by Crippen LogP contribution is -2.47. The van der Waals surface area contributed by atoms with E-state index in [0.29, 0.717) is 10.6 Å². The molecule has 98 valence electrons. The second kappa shape index (κ2) is 6.38. The van der Waals surface area contributed by atoms with Gasteiger partial charge in [0.15, 0.2) is 0 Å². The van der Waals surface area contributed by atoms with Crippen LogP contribution in [0.2, 0.25) is 5.02 Å². The number of primary amides is 1. The minimum Gasteiger partial charge on any atom is -0.368 e. The largest absolute Gasteiger partial charge is 0.368 e. The molecule has 0 saturated heterocycles. The smallest absolute Gasteiger partial charge is 0.251 e. The van der Waals surface area contributed by atoms with Gasteiger partial charge in [0.25, 0.3) is 5.91 Å². The Bertz CT molecular complexity index is 477. The molecule has 0 bridgehead atoms. The molecule has 0 fully saturated rings. The molecular weight excluding hydrogens is 367 g/mol. The molecular formula is C12H14ClIN2O2. The summed E-state index contributed by atoms with van der Waals surface area (Å²) in [7, 11) is 0. The van der Waals surface area contributed by atoms with Crippen LogP contribution < -0.4 is 11.1 Å². The third kappa shape index (κ3) is 3.84. The number of halogens is 2. The van der Waals surface area contributed by atoms with Gasteiger partial charge in [0.1, 0.15) is 6.04 Å². The van der Waals surface area contributed by atoms with E-state index in [1.54, 1.807) is 18.2 Å². The lowest BCUT2D eigenvalue weighted by Gasteiger charge is -2.19. The second-order valence-corrected chi connectivity index (χ2v) is 5.80. The van der Waals surface area contributed by atoms with Crippen LogP contribution >= 0.6 is 34.2 Å². The summed E-state index contributed by atoms with van der Waals surface area (Å²) in [5.41, 5.74) is 5.70. The van der Waals surface area contributed by atoms with E-state index in [9.17, 15) is 9.59 Å². The molecule has 2 amide bonds. The SMILES string of the molecule is CC(C)C(NC(=O)c1ccc(Cl)c(I)c1)C(N)=O. The first kappa shape index (κ1) is 15.2. The number of rotatable bonds is 4. The highest BCUT2D eigenvalue weighted by Gasteiger charge is 2.22. The molecule has 0 spiro atoms. The zero-order valence-electron chi connectivity index (χ0n) is 10.0. The summed E-state index contributed by atoms with van der Waals surface area (Å²) in [6.07, 6.45) is 0. The number of carbonyl (C=O) groups excluding carboxylic acids is 2. The van der Waals surface area contributed by atoms with Crippen LogP contribution in [0.5, 0.6) is 0 Å². The molecule has 18 heavy (non-hydrogen) atoms. The second-order valence-electron chi connectivity index (χ2n) is 4.23. The number of hydrogen-bond donors (Lipinski definition) is 2. The standard InChI is InChI=1S/C12H14ClIN2O2/c1-6(2)10(11(15)17)16-12(18)7-3-4-8(13)9(14)5-7/h3-6,10H,1-2H3,(H2,15,17)(H,16,18). The molecule has 1 atom stereocenters. The van der Waals surface area contributed by atoms with Crippen LogP contribution in [0.1, 0.15) is 24.2 Å². The normalized spacial score (nSPS) is 12.3. The highest BCUT2D eigenvalue weighted by molar-refractivity contribution is 14.1. The van der Waals surface area contributed by atoms with E-state index in [-0.39, 0.29) is 11.8 Å². The molecule has 0 radical (unpaired) electrons. The van der Waals surface area contributed by atoms with Crippen LogP contribution in [-0.4, -0.2) is 17.9 Å². The maximum atomic E-state index is 12.0. The zero-order chi connectivity index (χ0) is 13.9. The van der Waals surface area contributed by atoms with Crippen LogP contribution in [0.15, 0.2) is 18.2 Å². The highest BCUT2D eigenvalue weighted by Crippen LogP contribution is 2.19. The quantitative estimate of drug-likeness (QED) is 0.786. The average molecular weight is 381 g/mol. The fraction of sp³-hybridized carbons (Fsp3) is 0.333. The van der Waals surface area contributed by atoms with E-state index >= 15 is 0 Å². The van der Waals surface area contributed by atoms with Gasteiger partial charge in [0, 0.05) is 9.13 Å². The van der Waals surface area contributed by atoms with Gasteiger partial charge >= 0.3 is 0 Å². The average Bonchev–Trinajstić information content (AvgIpc) is 2.28. The zero-order valence-corrected chi connectivity index (χ0v) is 12.9. The van der Waals surface area contributed by atoms with Crippen molar-refractivity contribution < 1.29 is 9.59 Å². The van der Waals surface area contributed by atoms with Crippen LogP contribution in [0.25, 0.3) is 0 Å². The predicted molar refractivity (Wildman–Crippen MR) is 79.5 cm³/mol. The van der Waals surface area contributed by atoms with E-state index in [4.69, 9.17) is 17.3 Å². The number of hydrogen-bond acceptors (Lipinski definition) is 2. The van der Waals surface area contributed by atoms with Crippen LogP contribution in [0.3, 0.4) is 0 Å². The van der Waals surface area contributed by atoms with Crippen molar-refractivity contribution in [1.82, 2.24) is 5.32 Å². The van der Waals surface area contributed by atoms with Gasteiger partial charge in [-0.2, -0.15) is 0 Å². The molecule has 3 N–H and O–H groups in total. The van der Waals surface area contributed by atoms with Crippen molar-refractivity contribution in [1.29, 1.82) is 0 Å². The molecule has 1 rings (SSSR count). The Hall–Kier alpha value is -0.820. The molecule has 6 heteroatoms. The maximum absolute atomic E-state index is 12.0. The molecule has 0 aliphatic heterocycles. The van der Waals surface area contributed by atoms with Gasteiger partial charge < -0.3 is 11.1 Å². The van der Waals surface area contributed by atoms with Gasteiger partial charge in [-0.25, -0.2) is 0 Å². The third-order valence-electron chi connectivity index (χ3n) is 2.44. The van der Waals surface area contributed by atoms with E-state index in [2.05, 4.69) is 5.32 Å². The summed E-state index contributed by atoms with van der Waals surface area (Å²) in [6, 6.07) is 4.24. The number of carbonyl (C=O) groups is 2. The van der Waals surface area contributed by atoms with Crippen LogP contribution in [-0.2, 0) is 4.79 Å². The van der Waals surface area contributed by atoms with Crippen molar-refractivity contribution in [3.63, 3.8) is 0 Å². The highest BCUT2D eigenvalue weighted by atomic mass is 127. The van der Waals surface area contributed by atoms with Crippen molar-refractivity contribution in [3.8, 4) is 0 Å². The first-order valence-corrected chi connectivity index (χ1v) is 6.84. The molecule has 0 aliphatic carbocycles. The summed E-state index contributed by atoms with van der Waals surface area (Å²) >= 11 is 7.92. The van der Waals surface area contributed by atoms with Gasteiger partial charge in [0.05, 0.1) is 5.02 Å². The maximum Gasteiger partial charge on any atom is 0.251 e. The predicted octanol–water partition coefficient (Wildman–Crippen LogP) is 2.18. The summed E-state index contributed by atoms with van der Waals surface area (Å²) in [5.74, 6) is -0.929. The Labute approximate surface area is 124 Å². The third-order valence-corrected chi connectivity index (χ3v) is 3.98. The number of nitrogens with two attached hydrogens (primary N) is 1. The molecule has 1 aromatic rings. The molecule has 0 saturated carbocycles. The Morgan fingerprint density at radius 2 is 2.00 bits per heavy atom. The number of nitrogens with one attached hydrogen (secondary N) is 1. The van der Waals surface area contributed by atoms with E-state index < -0.39 is 11.9 Å². The Morgan fingerprint density at radius 3 is 2.44 bits per heavy atom. The van der Waals surface area contributed by atoms with Crippen LogP contribution in [0.4, 0.5) is 0 Å². The first-order chi connectivity index (χ1) is 8.32. The lowest BCUT2D eigenvalue weighted by atomic mass is 10.0. The summed E-state index contributed by atoms with van der Waals surface area (Å²) in [6.45, 7) is 3.64. The Kier molecular flexibility index (Phi) is 5.40. The molecule has 0 aliphatic rings. The van der Waals surface area contributed by atoms with Gasteiger partial charge in [-0.1, -0.05) is 25.4 Å². The topological polar surface area (TPSA) is 72.2 Å². The minimum atomic E-state index is -0.675. The molecule has 1 unspecified atom stereocenters. The van der Waals surface area contributed by atoms with Gasteiger partial charge in [0.2, 0.25) is 5.91 Å². The Morgan fingerprint density at radius 1 is 1.39 bits per heavy atom. The lowest BCUT2D eigenvalue weighted by molar-refractivity contribution is -0.120. The fourth-order valence-electron chi connectivity index (χ4n) is 1.43. The Balaban J connectivity index is 2.87. The van der Waals surface area contributed by atoms with Gasteiger partial charge in [-0.3, -0.25) is 9.59 Å². The minimum absolute atomic E-state index is 0.0576. The van der Waals surface area contributed by atoms with E-state index in [1.807, 2.05) is 36.4 Å². The van der Waals surface area contributed by atoms with Gasteiger partial charge in [-0.05, 0) is 46.7 Å². The molecule has 4 nitrogen and oxygen atoms in total. The summed E-state index contributed by atoms with van der Waals surface area (Å²) in [4.78, 5) is 23.2. The van der Waals surface area contributed by atoms with E-state index in [1.165, 1.54) is 0 Å². The summed E-state index contributed by atoms with van der Waals surface area (Å²) in [5, 5.41) is 3.20. The van der Waals surface area contributed by atoms with E-state index in [0.717, 1.165) is 3.57 Å². The van der Waals surface area contributed by atoms with Crippen molar-refractivity contribution >= 4 is 46.0 Å². The molecule has 0 aromatic heterocycles. The van der Waals surface area contributed by atoms with Gasteiger partial charge in [-0.15, -0.1) is 0 Å². The summed E-state index contributed by atoms with van der Waals surface area (Å²) < 4.78 is 0.780. The molecule has 0 heterocycles. The van der Waals surface area contributed by atoms with Crippen LogP contribution in [0, 0.1) is 9.49 Å². The van der Waals surface area contributed by atoms with Crippen molar-refractivity contribution in [2.24, 2.45) is 11.7 Å². The van der Waals surface area contributed by atoms with Crippen molar-refractivity contribution in [2.45, 2.75) is 19.9 Å². The first-order valence-electron chi connectivity index (χ1n) is 5.38. The fourth-order valence-corrected chi connectivity index (χ4v) is 2.06. The van der Waals surface area contributed by atoms with Crippen molar-refractivity contribution in [3.05, 3.63) is 32.4 Å².